The van der Waals surface area contributed by atoms with E-state index in [0.29, 0.717) is 30.1 Å². The quantitative estimate of drug-likeness (QED) is 0.540. The van der Waals surface area contributed by atoms with Crippen molar-refractivity contribution in [3.8, 4) is 23.3 Å². The van der Waals surface area contributed by atoms with E-state index in [0.717, 1.165) is 23.1 Å². The molecule has 0 N–H and O–H groups in total. The molecule has 0 spiro atoms. The maximum absolute atomic E-state index is 13.1. The molecule has 2 aliphatic rings. The number of carbonyl (C=O) groups excluding carboxylic acids is 1. The summed E-state index contributed by atoms with van der Waals surface area (Å²) in [5, 5.41) is 0. The number of methoxy groups -OCH3 is 2. The molecule has 0 heterocycles. The lowest BCUT2D eigenvalue weighted by Gasteiger charge is -2.61. The summed E-state index contributed by atoms with van der Waals surface area (Å²) in [5.41, 5.74) is 2.32. The second kappa shape index (κ2) is 6.69. The predicted octanol–water partition coefficient (Wildman–Crippen LogP) is 5.11. The van der Waals surface area contributed by atoms with Crippen molar-refractivity contribution in [2.75, 3.05) is 14.2 Å². The van der Waals surface area contributed by atoms with Crippen LogP contribution in [0.1, 0.15) is 58.6 Å². The van der Waals surface area contributed by atoms with Crippen molar-refractivity contribution >= 4 is 5.78 Å². The largest absolute Gasteiger partial charge is 0.493 e. The van der Waals surface area contributed by atoms with Gasteiger partial charge in [-0.25, -0.2) is 0 Å². The summed E-state index contributed by atoms with van der Waals surface area (Å²) in [6, 6.07) is 4.08. The molecule has 1 aromatic carbocycles. The molecule has 0 radical (unpaired) electrons. The van der Waals surface area contributed by atoms with Crippen molar-refractivity contribution in [3.63, 3.8) is 0 Å². The highest BCUT2D eigenvalue weighted by molar-refractivity contribution is 5.88. The Morgan fingerprint density at radius 2 is 1.79 bits per heavy atom. The van der Waals surface area contributed by atoms with Gasteiger partial charge in [-0.15, -0.1) is 0 Å². The van der Waals surface area contributed by atoms with Gasteiger partial charge in [-0.2, -0.15) is 0 Å². The zero-order valence-corrected chi connectivity index (χ0v) is 18.3. The summed E-state index contributed by atoms with van der Waals surface area (Å²) in [6.45, 7) is 14.9. The maximum Gasteiger partial charge on any atom is 0.161 e. The topological polar surface area (TPSA) is 35.5 Å². The second-order valence-electron chi connectivity index (χ2n) is 9.51. The third-order valence-electron chi connectivity index (χ3n) is 6.65. The van der Waals surface area contributed by atoms with Crippen LogP contribution in [0.5, 0.6) is 11.5 Å². The van der Waals surface area contributed by atoms with Crippen molar-refractivity contribution in [3.05, 3.63) is 35.4 Å². The van der Waals surface area contributed by atoms with Crippen molar-refractivity contribution in [2.24, 2.45) is 16.7 Å². The van der Waals surface area contributed by atoms with E-state index < -0.39 is 5.41 Å². The number of fused-ring (bicyclic) bond motifs is 3. The Morgan fingerprint density at radius 1 is 1.18 bits per heavy atom. The molecule has 0 aliphatic heterocycles. The summed E-state index contributed by atoms with van der Waals surface area (Å²) in [4.78, 5) is 13.1. The lowest BCUT2D eigenvalue weighted by molar-refractivity contribution is -0.134. The lowest BCUT2D eigenvalue weighted by atomic mass is 9.39. The van der Waals surface area contributed by atoms with Gasteiger partial charge in [-0.3, -0.25) is 4.79 Å². The summed E-state index contributed by atoms with van der Waals surface area (Å²) in [5.74, 6) is 8.67. The van der Waals surface area contributed by atoms with Gasteiger partial charge in [0.2, 0.25) is 0 Å². The van der Waals surface area contributed by atoms with Crippen molar-refractivity contribution in [1.82, 2.24) is 0 Å². The number of Topliss-reactive ketones (excluding diaryl/α,β-unsaturated/α-hetero) is 1. The van der Waals surface area contributed by atoms with E-state index >= 15 is 0 Å². The van der Waals surface area contributed by atoms with Crippen LogP contribution >= 0.6 is 0 Å². The number of carbonyl (C=O) groups is 1. The number of allylic oxidation sites excluding steroid dienone is 1. The zero-order chi connectivity index (χ0) is 20.9. The third kappa shape index (κ3) is 2.85. The fraction of sp³-hybridized carbons (Fsp3) is 0.560. The third-order valence-corrected chi connectivity index (χ3v) is 6.65. The van der Waals surface area contributed by atoms with Crippen LogP contribution < -0.4 is 9.47 Å². The normalized spacial score (nSPS) is 28.7. The van der Waals surface area contributed by atoms with E-state index in [-0.39, 0.29) is 16.7 Å². The van der Waals surface area contributed by atoms with Gasteiger partial charge in [-0.05, 0) is 63.8 Å². The second-order valence-corrected chi connectivity index (χ2v) is 9.51. The monoisotopic (exact) mass is 380 g/mol. The maximum atomic E-state index is 13.1. The Labute approximate surface area is 169 Å². The summed E-state index contributed by atoms with van der Waals surface area (Å²) in [6.07, 6.45) is 2.04. The van der Waals surface area contributed by atoms with E-state index in [9.17, 15) is 4.79 Å². The molecule has 3 nitrogen and oxygen atoms in total. The fourth-order valence-corrected chi connectivity index (χ4v) is 4.83. The van der Waals surface area contributed by atoms with E-state index in [4.69, 9.17) is 9.47 Å². The van der Waals surface area contributed by atoms with Gasteiger partial charge < -0.3 is 9.47 Å². The molecule has 1 fully saturated rings. The molecule has 1 saturated carbocycles. The van der Waals surface area contributed by atoms with Crippen molar-refractivity contribution in [1.29, 1.82) is 0 Å². The molecule has 1 aromatic rings. The molecule has 0 amide bonds. The molecular weight excluding hydrogens is 348 g/mol. The average Bonchev–Trinajstić information content (AvgIpc) is 2.71. The van der Waals surface area contributed by atoms with Crippen LogP contribution in [0.4, 0.5) is 0 Å². The molecule has 150 valence electrons. The van der Waals surface area contributed by atoms with Crippen LogP contribution in [-0.2, 0) is 16.6 Å². The average molecular weight is 381 g/mol. The molecule has 0 bridgehead atoms. The van der Waals surface area contributed by atoms with E-state index in [1.165, 1.54) is 0 Å². The Hall–Kier alpha value is -2.21. The van der Waals surface area contributed by atoms with Crippen LogP contribution in [0.15, 0.2) is 24.3 Å². The Kier molecular flexibility index (Phi) is 4.90. The summed E-state index contributed by atoms with van der Waals surface area (Å²) >= 11 is 0. The van der Waals surface area contributed by atoms with Gasteiger partial charge in [0.25, 0.3) is 0 Å². The van der Waals surface area contributed by atoms with Crippen LogP contribution in [0.2, 0.25) is 0 Å². The van der Waals surface area contributed by atoms with Crippen LogP contribution in [0, 0.1) is 28.6 Å². The molecule has 0 saturated heterocycles. The smallest absolute Gasteiger partial charge is 0.161 e. The number of rotatable bonds is 3. The highest BCUT2D eigenvalue weighted by Crippen LogP contribution is 2.67. The van der Waals surface area contributed by atoms with Gasteiger partial charge in [-0.1, -0.05) is 30.9 Å². The first-order chi connectivity index (χ1) is 13.0. The molecule has 0 unspecified atom stereocenters. The van der Waals surface area contributed by atoms with E-state index in [1.807, 2.05) is 6.07 Å². The molecule has 28 heavy (non-hydrogen) atoms. The minimum Gasteiger partial charge on any atom is -0.493 e. The highest BCUT2D eigenvalue weighted by atomic mass is 16.5. The fourth-order valence-electron chi connectivity index (χ4n) is 4.83. The predicted molar refractivity (Wildman–Crippen MR) is 113 cm³/mol. The van der Waals surface area contributed by atoms with E-state index in [2.05, 4.69) is 59.1 Å². The molecule has 2 aliphatic carbocycles. The van der Waals surface area contributed by atoms with Gasteiger partial charge >= 0.3 is 0 Å². The number of aryl methyl sites for hydroxylation is 1. The standard InChI is InChI=1S/C25H32O3/c1-16(2)24(6)15-19-20(26)10-9-17-13-21(27-7)22(28-8)14-18(17)25(19,24)12-11-23(3,4)5/h13-14,19H,1,9-10,15H2,2-8H3/t19-,24-,25-/m1/s1. The van der Waals surface area contributed by atoms with E-state index in [1.54, 1.807) is 14.2 Å². The number of hydrogen-bond acceptors (Lipinski definition) is 3. The SMILES string of the molecule is C=C(C)[C@@]1(C)C[C@@H]2C(=O)CCc3cc(OC)c(OC)cc3[C@]21C#CC(C)(C)C. The number of ether oxygens (including phenoxy) is 2. The van der Waals surface area contributed by atoms with Gasteiger partial charge in [0, 0.05) is 23.2 Å². The molecule has 0 aromatic heterocycles. The first-order valence-corrected chi connectivity index (χ1v) is 9.98. The first kappa shape index (κ1) is 20.5. The lowest BCUT2D eigenvalue weighted by Crippen LogP contribution is -2.62. The van der Waals surface area contributed by atoms with Crippen LogP contribution in [0.25, 0.3) is 0 Å². The Balaban J connectivity index is 2.38. The molecule has 3 heteroatoms. The van der Waals surface area contributed by atoms with Crippen molar-refractivity contribution in [2.45, 2.75) is 59.3 Å². The number of ketones is 1. The molecule has 3 atom stereocenters. The summed E-state index contributed by atoms with van der Waals surface area (Å²) in [7, 11) is 3.29. The Morgan fingerprint density at radius 3 is 2.32 bits per heavy atom. The minimum absolute atomic E-state index is 0.108. The number of hydrogen-bond donors (Lipinski definition) is 0. The summed E-state index contributed by atoms with van der Waals surface area (Å²) < 4.78 is 11.1. The van der Waals surface area contributed by atoms with Crippen molar-refractivity contribution < 1.29 is 14.3 Å². The molecular formula is C25H32O3. The Bertz CT molecular complexity index is 893. The number of benzene rings is 1. The van der Waals surface area contributed by atoms with Gasteiger partial charge in [0.15, 0.2) is 11.5 Å². The van der Waals surface area contributed by atoms with Gasteiger partial charge in [0.05, 0.1) is 19.6 Å². The van der Waals surface area contributed by atoms with Crippen LogP contribution in [-0.4, -0.2) is 20.0 Å². The zero-order valence-electron chi connectivity index (χ0n) is 18.3. The molecule has 3 rings (SSSR count). The van der Waals surface area contributed by atoms with Crippen LogP contribution in [0.3, 0.4) is 0 Å². The van der Waals surface area contributed by atoms with Gasteiger partial charge in [0.1, 0.15) is 5.78 Å². The minimum atomic E-state index is -0.575. The first-order valence-electron chi connectivity index (χ1n) is 9.98. The highest BCUT2D eigenvalue weighted by Gasteiger charge is 2.66.